The molecular weight excluding hydrogens is 282 g/mol. The van der Waals surface area contributed by atoms with E-state index >= 15 is 0 Å². The molecule has 1 N–H and O–H groups in total. The van der Waals surface area contributed by atoms with E-state index in [-0.39, 0.29) is 0 Å². The third-order valence-electron chi connectivity index (χ3n) is 3.89. The van der Waals surface area contributed by atoms with Crippen LogP contribution in [-0.4, -0.2) is 6.54 Å². The van der Waals surface area contributed by atoms with Gasteiger partial charge in [0.15, 0.2) is 0 Å². The summed E-state index contributed by atoms with van der Waals surface area (Å²) in [6.07, 6.45) is 7.66. The molecule has 2 nitrogen and oxygen atoms in total. The van der Waals surface area contributed by atoms with Crippen molar-refractivity contribution in [3.8, 4) is 0 Å². The van der Waals surface area contributed by atoms with Gasteiger partial charge < -0.3 is 9.73 Å². The van der Waals surface area contributed by atoms with Crippen molar-refractivity contribution in [1.29, 1.82) is 0 Å². The number of rotatable bonds is 9. The van der Waals surface area contributed by atoms with E-state index in [1.54, 1.807) is 0 Å². The van der Waals surface area contributed by atoms with Gasteiger partial charge in [-0.2, -0.15) is 0 Å². The molecule has 1 heterocycles. The summed E-state index contributed by atoms with van der Waals surface area (Å²) in [6.45, 7) is 5.35. The van der Waals surface area contributed by atoms with E-state index in [2.05, 4.69) is 25.2 Å². The number of nitrogens with one attached hydrogen (secondary N) is 1. The Morgan fingerprint density at radius 2 is 1.90 bits per heavy atom. The number of hydrogen-bond donors (Lipinski definition) is 1. The molecule has 0 saturated heterocycles. The SMILES string of the molecule is CCCCCCCC(NCC)c1cc2cc(Cl)ccc2o1. The molecule has 0 saturated carbocycles. The zero-order valence-corrected chi connectivity index (χ0v) is 13.9. The van der Waals surface area contributed by atoms with E-state index < -0.39 is 0 Å². The molecule has 2 rings (SSSR count). The maximum absolute atomic E-state index is 6.04. The van der Waals surface area contributed by atoms with Gasteiger partial charge in [0.2, 0.25) is 0 Å². The first-order chi connectivity index (χ1) is 10.2. The van der Waals surface area contributed by atoms with Crippen LogP contribution in [-0.2, 0) is 0 Å². The molecule has 3 heteroatoms. The minimum absolute atomic E-state index is 0.308. The fraction of sp³-hybridized carbons (Fsp3) is 0.556. The maximum atomic E-state index is 6.04. The fourth-order valence-corrected chi connectivity index (χ4v) is 2.93. The molecule has 0 radical (unpaired) electrons. The topological polar surface area (TPSA) is 25.2 Å². The molecule has 0 amide bonds. The maximum Gasteiger partial charge on any atom is 0.134 e. The number of halogens is 1. The van der Waals surface area contributed by atoms with E-state index in [1.807, 2.05) is 18.2 Å². The van der Waals surface area contributed by atoms with Crippen molar-refractivity contribution >= 4 is 22.6 Å². The summed E-state index contributed by atoms with van der Waals surface area (Å²) in [7, 11) is 0. The molecule has 2 aromatic rings. The number of benzene rings is 1. The molecule has 0 fully saturated rings. The van der Waals surface area contributed by atoms with Gasteiger partial charge in [-0.05, 0) is 37.2 Å². The van der Waals surface area contributed by atoms with Crippen molar-refractivity contribution in [2.75, 3.05) is 6.54 Å². The van der Waals surface area contributed by atoms with Crippen LogP contribution in [0.2, 0.25) is 5.02 Å². The Morgan fingerprint density at radius 1 is 1.10 bits per heavy atom. The van der Waals surface area contributed by atoms with Gasteiger partial charge in [0.25, 0.3) is 0 Å². The van der Waals surface area contributed by atoms with Crippen LogP contribution in [0.1, 0.15) is 64.2 Å². The predicted octanol–water partition coefficient (Wildman–Crippen LogP) is 6.10. The van der Waals surface area contributed by atoms with Crippen LogP contribution >= 0.6 is 11.6 Å². The molecule has 0 aliphatic rings. The average Bonchev–Trinajstić information content (AvgIpc) is 2.88. The second-order valence-corrected chi connectivity index (χ2v) is 6.08. The van der Waals surface area contributed by atoms with Gasteiger partial charge in [0.1, 0.15) is 11.3 Å². The largest absolute Gasteiger partial charge is 0.459 e. The first-order valence-electron chi connectivity index (χ1n) is 8.17. The molecular formula is C18H26ClNO. The van der Waals surface area contributed by atoms with Crippen molar-refractivity contribution in [3.05, 3.63) is 35.0 Å². The Bertz CT molecular complexity index is 549. The third kappa shape index (κ3) is 4.76. The van der Waals surface area contributed by atoms with Crippen LogP contribution in [0.25, 0.3) is 11.0 Å². The molecule has 1 atom stereocenters. The third-order valence-corrected chi connectivity index (χ3v) is 4.12. The number of unbranched alkanes of at least 4 members (excludes halogenated alkanes) is 4. The second kappa shape index (κ2) is 8.45. The molecule has 0 aliphatic carbocycles. The monoisotopic (exact) mass is 307 g/mol. The van der Waals surface area contributed by atoms with E-state index in [0.29, 0.717) is 6.04 Å². The van der Waals surface area contributed by atoms with Crippen molar-refractivity contribution in [3.63, 3.8) is 0 Å². The second-order valence-electron chi connectivity index (χ2n) is 5.64. The number of furan rings is 1. The zero-order valence-electron chi connectivity index (χ0n) is 13.1. The van der Waals surface area contributed by atoms with Crippen molar-refractivity contribution < 1.29 is 4.42 Å². The van der Waals surface area contributed by atoms with Gasteiger partial charge in [0.05, 0.1) is 6.04 Å². The van der Waals surface area contributed by atoms with Gasteiger partial charge >= 0.3 is 0 Å². The Labute approximate surface area is 132 Å². The highest BCUT2D eigenvalue weighted by molar-refractivity contribution is 6.31. The van der Waals surface area contributed by atoms with Gasteiger partial charge in [-0.15, -0.1) is 0 Å². The Morgan fingerprint density at radius 3 is 2.67 bits per heavy atom. The predicted molar refractivity (Wildman–Crippen MR) is 91.0 cm³/mol. The lowest BCUT2D eigenvalue weighted by Crippen LogP contribution is -2.20. The first kappa shape index (κ1) is 16.4. The summed E-state index contributed by atoms with van der Waals surface area (Å²) in [5.74, 6) is 1.03. The summed E-state index contributed by atoms with van der Waals surface area (Å²) in [5, 5.41) is 5.39. The molecule has 1 unspecified atom stereocenters. The smallest absolute Gasteiger partial charge is 0.134 e. The lowest BCUT2D eigenvalue weighted by atomic mass is 10.0. The fourth-order valence-electron chi connectivity index (χ4n) is 2.75. The van der Waals surface area contributed by atoms with Crippen LogP contribution in [0.15, 0.2) is 28.7 Å². The Hall–Kier alpha value is -0.990. The highest BCUT2D eigenvalue weighted by Gasteiger charge is 2.15. The summed E-state index contributed by atoms with van der Waals surface area (Å²) in [5.41, 5.74) is 0.920. The summed E-state index contributed by atoms with van der Waals surface area (Å²) < 4.78 is 5.99. The van der Waals surface area contributed by atoms with E-state index in [9.17, 15) is 0 Å². The quantitative estimate of drug-likeness (QED) is 0.566. The van der Waals surface area contributed by atoms with Crippen LogP contribution in [0.3, 0.4) is 0 Å². The number of fused-ring (bicyclic) bond motifs is 1. The van der Waals surface area contributed by atoms with Gasteiger partial charge in [-0.1, -0.05) is 57.6 Å². The average molecular weight is 308 g/mol. The standard InChI is InChI=1S/C18H26ClNO/c1-3-5-6-7-8-9-16(20-4-2)18-13-14-12-15(19)10-11-17(14)21-18/h10-13,16,20H,3-9H2,1-2H3. The van der Waals surface area contributed by atoms with Crippen molar-refractivity contribution in [2.24, 2.45) is 0 Å². The molecule has 0 spiro atoms. The molecule has 1 aromatic carbocycles. The van der Waals surface area contributed by atoms with E-state index in [4.69, 9.17) is 16.0 Å². The normalized spacial score (nSPS) is 12.9. The molecule has 0 aliphatic heterocycles. The highest BCUT2D eigenvalue weighted by atomic mass is 35.5. The van der Waals surface area contributed by atoms with Crippen LogP contribution < -0.4 is 5.32 Å². The molecule has 21 heavy (non-hydrogen) atoms. The molecule has 0 bridgehead atoms. The summed E-state index contributed by atoms with van der Waals surface area (Å²) in [4.78, 5) is 0. The number of hydrogen-bond acceptors (Lipinski definition) is 2. The van der Waals surface area contributed by atoms with Crippen molar-refractivity contribution in [2.45, 2.75) is 58.4 Å². The first-order valence-corrected chi connectivity index (χ1v) is 8.54. The molecule has 116 valence electrons. The van der Waals surface area contributed by atoms with Gasteiger partial charge in [0, 0.05) is 10.4 Å². The van der Waals surface area contributed by atoms with Crippen LogP contribution in [0.4, 0.5) is 0 Å². The summed E-state index contributed by atoms with van der Waals surface area (Å²) >= 11 is 6.04. The van der Waals surface area contributed by atoms with Crippen LogP contribution in [0.5, 0.6) is 0 Å². The Balaban J connectivity index is 2.01. The van der Waals surface area contributed by atoms with E-state index in [1.165, 1.54) is 32.1 Å². The lowest BCUT2D eigenvalue weighted by Gasteiger charge is -2.15. The highest BCUT2D eigenvalue weighted by Crippen LogP contribution is 2.29. The summed E-state index contributed by atoms with van der Waals surface area (Å²) in [6, 6.07) is 8.23. The zero-order chi connectivity index (χ0) is 15.1. The minimum Gasteiger partial charge on any atom is -0.459 e. The van der Waals surface area contributed by atoms with Gasteiger partial charge in [-0.3, -0.25) is 0 Å². The van der Waals surface area contributed by atoms with Crippen molar-refractivity contribution in [1.82, 2.24) is 5.32 Å². The lowest BCUT2D eigenvalue weighted by molar-refractivity contribution is 0.403. The van der Waals surface area contributed by atoms with Gasteiger partial charge in [-0.25, -0.2) is 0 Å². The molecule has 1 aromatic heterocycles. The minimum atomic E-state index is 0.308. The van der Waals surface area contributed by atoms with Crippen LogP contribution in [0, 0.1) is 0 Å². The Kier molecular flexibility index (Phi) is 6.59. The van der Waals surface area contributed by atoms with E-state index in [0.717, 1.165) is 34.7 Å².